The van der Waals surface area contributed by atoms with Crippen molar-refractivity contribution in [2.24, 2.45) is 5.10 Å². The van der Waals surface area contributed by atoms with Gasteiger partial charge in [0.25, 0.3) is 0 Å². The summed E-state index contributed by atoms with van der Waals surface area (Å²) >= 11 is 3.56. The van der Waals surface area contributed by atoms with E-state index in [1.54, 1.807) is 22.6 Å². The number of aromatic hydroxyl groups is 1. The van der Waals surface area contributed by atoms with Crippen molar-refractivity contribution in [3.63, 3.8) is 0 Å². The largest absolute Gasteiger partial charge is 0.506 e. The van der Waals surface area contributed by atoms with Crippen molar-refractivity contribution in [1.82, 2.24) is 5.43 Å². The average molecular weight is 584 g/mol. The molecule has 24 heavy (non-hydrogen) atoms. The maximum atomic E-state index is 13.0. The zero-order valence-electron chi connectivity index (χ0n) is 10.9. The number of amides is 1. The molecule has 1 rings (SSSR count). The number of halogens is 9. The van der Waals surface area contributed by atoms with Crippen LogP contribution >= 0.6 is 45.2 Å². The number of phenolic OH excluding ortho intramolecular Hbond substituents is 1. The van der Waals surface area contributed by atoms with Crippen LogP contribution in [0.5, 0.6) is 5.75 Å². The lowest BCUT2D eigenvalue weighted by Gasteiger charge is -2.26. The van der Waals surface area contributed by atoms with Gasteiger partial charge in [0, 0.05) is 9.13 Å². The fraction of sp³-hybridized carbons (Fsp3) is 0.273. The first-order valence-corrected chi connectivity index (χ1v) is 7.71. The van der Waals surface area contributed by atoms with Crippen LogP contribution in [0.3, 0.4) is 0 Å². The molecule has 13 heteroatoms. The second-order valence-electron chi connectivity index (χ2n) is 4.17. The smallest absolute Gasteiger partial charge is 0.460 e. The van der Waals surface area contributed by atoms with E-state index in [0.29, 0.717) is 13.4 Å². The van der Waals surface area contributed by atoms with E-state index in [4.69, 9.17) is 0 Å². The first-order valence-electron chi connectivity index (χ1n) is 5.55. The molecule has 134 valence electrons. The number of phenols is 1. The predicted octanol–water partition coefficient (Wildman–Crippen LogP) is 3.88. The average Bonchev–Trinajstić information content (AvgIpc) is 2.42. The van der Waals surface area contributed by atoms with Gasteiger partial charge in [-0.25, -0.2) is 5.43 Å². The Hall–Kier alpha value is -0.870. The van der Waals surface area contributed by atoms with Crippen LogP contribution in [-0.2, 0) is 4.79 Å². The quantitative estimate of drug-likeness (QED) is 0.245. The molecule has 0 saturated heterocycles. The van der Waals surface area contributed by atoms with E-state index < -0.39 is 23.9 Å². The molecule has 0 aliphatic carbocycles. The molecule has 4 nitrogen and oxygen atoms in total. The molecule has 2 N–H and O–H groups in total. The van der Waals surface area contributed by atoms with Crippen LogP contribution < -0.4 is 5.43 Å². The van der Waals surface area contributed by atoms with Gasteiger partial charge in [-0.15, -0.1) is 0 Å². The summed E-state index contributed by atoms with van der Waals surface area (Å²) in [6.45, 7) is 0. The van der Waals surface area contributed by atoms with Crippen LogP contribution in [0.25, 0.3) is 0 Å². The summed E-state index contributed by atoms with van der Waals surface area (Å²) in [5.74, 6) is -15.9. The molecular formula is C11H5F7I2N2O2. The monoisotopic (exact) mass is 584 g/mol. The van der Waals surface area contributed by atoms with E-state index in [-0.39, 0.29) is 11.3 Å². The van der Waals surface area contributed by atoms with Gasteiger partial charge in [0.1, 0.15) is 5.75 Å². The lowest BCUT2D eigenvalue weighted by Crippen LogP contribution is -2.58. The molecule has 0 radical (unpaired) electrons. The first kappa shape index (κ1) is 21.2. The van der Waals surface area contributed by atoms with Gasteiger partial charge in [-0.3, -0.25) is 4.79 Å². The van der Waals surface area contributed by atoms with Crippen LogP contribution in [-0.4, -0.2) is 35.2 Å². The van der Waals surface area contributed by atoms with Crippen LogP contribution in [0.1, 0.15) is 5.56 Å². The molecular weight excluding hydrogens is 579 g/mol. The molecule has 1 aromatic carbocycles. The van der Waals surface area contributed by atoms with Crippen molar-refractivity contribution in [1.29, 1.82) is 0 Å². The molecule has 1 amide bonds. The molecule has 0 aromatic heterocycles. The van der Waals surface area contributed by atoms with Crippen molar-refractivity contribution < 1.29 is 40.6 Å². The van der Waals surface area contributed by atoms with Gasteiger partial charge in [-0.05, 0) is 57.3 Å². The van der Waals surface area contributed by atoms with Crippen LogP contribution in [0, 0.1) is 7.14 Å². The number of benzene rings is 1. The van der Waals surface area contributed by atoms with E-state index in [2.05, 4.69) is 5.10 Å². The topological polar surface area (TPSA) is 61.7 Å². The summed E-state index contributed by atoms with van der Waals surface area (Å²) in [7, 11) is 0. The van der Waals surface area contributed by atoms with Gasteiger partial charge in [0.05, 0.1) is 9.78 Å². The Morgan fingerprint density at radius 1 is 1.12 bits per heavy atom. The second-order valence-corrected chi connectivity index (χ2v) is 6.58. The lowest BCUT2D eigenvalue weighted by atomic mass is 10.1. The molecule has 0 fully saturated rings. The van der Waals surface area contributed by atoms with Crippen molar-refractivity contribution >= 4 is 57.3 Å². The molecule has 0 aliphatic rings. The summed E-state index contributed by atoms with van der Waals surface area (Å²) in [6, 6.07) is 2.83. The molecule has 0 aliphatic heterocycles. The van der Waals surface area contributed by atoms with Crippen molar-refractivity contribution in [2.45, 2.75) is 18.0 Å². The third-order valence-electron chi connectivity index (χ3n) is 2.46. The number of rotatable bonds is 4. The maximum Gasteiger partial charge on any atom is 0.460 e. The van der Waals surface area contributed by atoms with E-state index in [1.807, 2.05) is 22.6 Å². The minimum atomic E-state index is -6.62. The third-order valence-corrected chi connectivity index (χ3v) is 3.91. The van der Waals surface area contributed by atoms with Gasteiger partial charge in [0.2, 0.25) is 0 Å². The molecule has 0 unspecified atom stereocenters. The van der Waals surface area contributed by atoms with Gasteiger partial charge in [-0.1, -0.05) is 0 Å². The maximum absolute atomic E-state index is 13.0. The number of hydrogen-bond acceptors (Lipinski definition) is 3. The van der Waals surface area contributed by atoms with E-state index in [9.17, 15) is 40.6 Å². The highest BCUT2D eigenvalue weighted by Gasteiger charge is 2.76. The van der Waals surface area contributed by atoms with Gasteiger partial charge in [-0.2, -0.15) is 35.8 Å². The number of hydrogen-bond donors (Lipinski definition) is 2. The number of nitrogens with one attached hydrogen (secondary N) is 1. The highest BCUT2D eigenvalue weighted by atomic mass is 127. The molecule has 0 heterocycles. The van der Waals surface area contributed by atoms with Crippen molar-refractivity contribution in [3.8, 4) is 5.75 Å². The normalized spacial score (nSPS) is 13.4. The van der Waals surface area contributed by atoms with E-state index >= 15 is 0 Å². The van der Waals surface area contributed by atoms with Crippen molar-refractivity contribution in [3.05, 3.63) is 24.8 Å². The summed E-state index contributed by atoms with van der Waals surface area (Å²) in [4.78, 5) is 10.9. The minimum Gasteiger partial charge on any atom is -0.506 e. The fourth-order valence-corrected chi connectivity index (χ4v) is 3.13. The summed E-state index contributed by atoms with van der Waals surface area (Å²) in [5, 5.41) is 12.5. The lowest BCUT2D eigenvalue weighted by molar-refractivity contribution is -0.344. The number of alkyl halides is 7. The van der Waals surface area contributed by atoms with Gasteiger partial charge in [0.15, 0.2) is 0 Å². The van der Waals surface area contributed by atoms with E-state index in [0.717, 1.165) is 5.43 Å². The zero-order chi connectivity index (χ0) is 18.9. The Balaban J connectivity index is 2.97. The predicted molar refractivity (Wildman–Crippen MR) is 85.2 cm³/mol. The molecule has 0 spiro atoms. The zero-order valence-corrected chi connectivity index (χ0v) is 15.3. The fourth-order valence-electron chi connectivity index (χ4n) is 1.24. The molecule has 0 saturated carbocycles. The number of nitrogens with zero attached hydrogens (tertiary/aromatic N) is 1. The third kappa shape index (κ3) is 4.20. The first-order chi connectivity index (χ1) is 10.7. The van der Waals surface area contributed by atoms with Gasteiger partial charge < -0.3 is 5.11 Å². The van der Waals surface area contributed by atoms with Crippen LogP contribution in [0.4, 0.5) is 30.7 Å². The second kappa shape index (κ2) is 7.17. The summed E-state index contributed by atoms with van der Waals surface area (Å²) in [6.07, 6.45) is -6.00. The Kier molecular flexibility index (Phi) is 6.32. The Bertz CT molecular complexity index is 677. The highest BCUT2D eigenvalue weighted by Crippen LogP contribution is 2.46. The minimum absolute atomic E-state index is 0.0718. The highest BCUT2D eigenvalue weighted by molar-refractivity contribution is 14.1. The molecule has 1 aromatic rings. The number of carbonyl (C=O) groups is 1. The molecule has 0 bridgehead atoms. The SMILES string of the molecule is O=C(N/N=C\c1cc(I)cc(I)c1O)C(F)(F)C(F)(F)C(F)(F)F. The number of hydrazone groups is 1. The van der Waals surface area contributed by atoms with Gasteiger partial charge >= 0.3 is 23.9 Å². The summed E-state index contributed by atoms with van der Waals surface area (Å²) in [5.41, 5.74) is 0.829. The van der Waals surface area contributed by atoms with Crippen molar-refractivity contribution in [2.75, 3.05) is 0 Å². The van der Waals surface area contributed by atoms with Crippen LogP contribution in [0.2, 0.25) is 0 Å². The molecule has 0 atom stereocenters. The Morgan fingerprint density at radius 3 is 2.17 bits per heavy atom. The Morgan fingerprint density at radius 2 is 1.67 bits per heavy atom. The van der Waals surface area contributed by atoms with E-state index in [1.165, 1.54) is 12.1 Å². The standard InChI is InChI=1S/C11H5F7I2N2O2/c12-9(13,10(14,15)11(16,17)18)8(24)22-21-3-4-1-5(19)2-6(20)7(4)23/h1-3,23H,(H,22,24)/b21-3-. The van der Waals surface area contributed by atoms with Crippen LogP contribution in [0.15, 0.2) is 17.2 Å². The Labute approximate surface area is 156 Å². The summed E-state index contributed by atoms with van der Waals surface area (Å²) < 4.78 is 88.1. The number of carbonyl (C=O) groups excluding carboxylic acids is 1.